The zero-order valence-corrected chi connectivity index (χ0v) is 11.3. The van der Waals surface area contributed by atoms with Gasteiger partial charge in [-0.05, 0) is 12.8 Å². The van der Waals surface area contributed by atoms with Crippen molar-refractivity contribution in [1.82, 2.24) is 10.6 Å². The monoisotopic (exact) mass is 260 g/mol. The fourth-order valence-electron chi connectivity index (χ4n) is 1.29. The Morgan fingerprint density at radius 1 is 0.833 bits per heavy atom. The zero-order chi connectivity index (χ0) is 13.6. The van der Waals surface area contributed by atoms with Crippen LogP contribution in [0.25, 0.3) is 0 Å². The Morgan fingerprint density at radius 3 is 1.56 bits per heavy atom. The number of hydrogen-bond donors (Lipinski definition) is 2. The van der Waals surface area contributed by atoms with Crippen LogP contribution in [-0.4, -0.2) is 52.3 Å². The van der Waals surface area contributed by atoms with E-state index in [0.717, 1.165) is 12.8 Å². The van der Waals surface area contributed by atoms with Crippen LogP contribution in [0.2, 0.25) is 0 Å². The summed E-state index contributed by atoms with van der Waals surface area (Å²) < 4.78 is 9.72. The molecular formula is C12H24N2O4. The first-order chi connectivity index (χ1) is 8.70. The van der Waals surface area contributed by atoms with Crippen molar-refractivity contribution in [2.45, 2.75) is 25.7 Å². The number of amides is 2. The van der Waals surface area contributed by atoms with Gasteiger partial charge < -0.3 is 20.1 Å². The van der Waals surface area contributed by atoms with Crippen molar-refractivity contribution in [3.05, 3.63) is 0 Å². The first-order valence-corrected chi connectivity index (χ1v) is 6.22. The van der Waals surface area contributed by atoms with Crippen LogP contribution in [0.4, 0.5) is 0 Å². The molecule has 0 aromatic carbocycles. The fraction of sp³-hybridized carbons (Fsp3) is 0.833. The molecule has 2 N–H and O–H groups in total. The third kappa shape index (κ3) is 11.3. The van der Waals surface area contributed by atoms with Gasteiger partial charge >= 0.3 is 0 Å². The molecule has 0 atom stereocenters. The average Bonchev–Trinajstić information content (AvgIpc) is 2.37. The van der Waals surface area contributed by atoms with Crippen LogP contribution >= 0.6 is 0 Å². The SMILES string of the molecule is COCCCNC(=O)CCC(=O)NCCCOC. The van der Waals surface area contributed by atoms with Gasteiger partial charge in [-0.15, -0.1) is 0 Å². The van der Waals surface area contributed by atoms with E-state index >= 15 is 0 Å². The lowest BCUT2D eigenvalue weighted by Gasteiger charge is -2.06. The molecule has 6 heteroatoms. The molecule has 0 saturated heterocycles. The quantitative estimate of drug-likeness (QED) is 0.516. The third-order valence-corrected chi connectivity index (χ3v) is 2.27. The van der Waals surface area contributed by atoms with E-state index < -0.39 is 0 Å². The summed E-state index contributed by atoms with van der Waals surface area (Å²) in [5.41, 5.74) is 0. The molecule has 0 aromatic rings. The van der Waals surface area contributed by atoms with E-state index in [1.54, 1.807) is 14.2 Å². The molecule has 0 aliphatic carbocycles. The Hall–Kier alpha value is -1.14. The molecule has 0 bridgehead atoms. The highest BCUT2D eigenvalue weighted by molar-refractivity contribution is 5.83. The van der Waals surface area contributed by atoms with Gasteiger partial charge in [0.2, 0.25) is 11.8 Å². The fourth-order valence-corrected chi connectivity index (χ4v) is 1.29. The van der Waals surface area contributed by atoms with Crippen molar-refractivity contribution in [2.24, 2.45) is 0 Å². The maximum absolute atomic E-state index is 11.3. The topological polar surface area (TPSA) is 76.7 Å². The largest absolute Gasteiger partial charge is 0.385 e. The Kier molecular flexibility index (Phi) is 11.5. The maximum Gasteiger partial charge on any atom is 0.220 e. The van der Waals surface area contributed by atoms with Crippen LogP contribution in [0.1, 0.15) is 25.7 Å². The Balaban J connectivity index is 3.39. The minimum absolute atomic E-state index is 0.0989. The highest BCUT2D eigenvalue weighted by Crippen LogP contribution is 1.90. The average molecular weight is 260 g/mol. The van der Waals surface area contributed by atoms with Gasteiger partial charge in [-0.1, -0.05) is 0 Å². The normalized spacial score (nSPS) is 10.1. The minimum Gasteiger partial charge on any atom is -0.385 e. The van der Waals surface area contributed by atoms with Crippen LogP contribution in [0.5, 0.6) is 0 Å². The van der Waals surface area contributed by atoms with E-state index in [1.807, 2.05) is 0 Å². The molecule has 0 aromatic heterocycles. The van der Waals surface area contributed by atoms with Crippen molar-refractivity contribution in [3.8, 4) is 0 Å². The van der Waals surface area contributed by atoms with Crippen LogP contribution in [-0.2, 0) is 19.1 Å². The number of carbonyl (C=O) groups is 2. The van der Waals surface area contributed by atoms with Crippen molar-refractivity contribution in [2.75, 3.05) is 40.5 Å². The summed E-state index contributed by atoms with van der Waals surface area (Å²) in [6.45, 7) is 2.42. The summed E-state index contributed by atoms with van der Waals surface area (Å²) in [7, 11) is 3.24. The van der Waals surface area contributed by atoms with E-state index in [4.69, 9.17) is 9.47 Å². The van der Waals surface area contributed by atoms with Crippen LogP contribution in [0, 0.1) is 0 Å². The molecule has 0 radical (unpaired) electrons. The predicted octanol–water partition coefficient (Wildman–Crippen LogP) is 0.0720. The van der Waals surface area contributed by atoms with Gasteiger partial charge in [-0.2, -0.15) is 0 Å². The van der Waals surface area contributed by atoms with Gasteiger partial charge in [0.15, 0.2) is 0 Å². The van der Waals surface area contributed by atoms with E-state index in [-0.39, 0.29) is 24.7 Å². The summed E-state index contributed by atoms with van der Waals surface area (Å²) in [6.07, 6.45) is 2.02. The molecule has 0 aliphatic rings. The Labute approximate surface area is 108 Å². The molecule has 2 amide bonds. The highest BCUT2D eigenvalue weighted by Gasteiger charge is 2.05. The van der Waals surface area contributed by atoms with Gasteiger partial charge in [0.1, 0.15) is 0 Å². The molecule has 18 heavy (non-hydrogen) atoms. The lowest BCUT2D eigenvalue weighted by molar-refractivity contribution is -0.126. The third-order valence-electron chi connectivity index (χ3n) is 2.27. The molecule has 0 aliphatic heterocycles. The summed E-state index contributed by atoms with van der Waals surface area (Å²) in [4.78, 5) is 22.7. The van der Waals surface area contributed by atoms with Crippen LogP contribution < -0.4 is 10.6 Å². The first kappa shape index (κ1) is 16.9. The minimum atomic E-state index is -0.0989. The number of ether oxygens (including phenoxy) is 2. The second kappa shape index (κ2) is 12.3. The maximum atomic E-state index is 11.3. The van der Waals surface area contributed by atoms with Crippen molar-refractivity contribution >= 4 is 11.8 Å². The number of methoxy groups -OCH3 is 2. The summed E-state index contributed by atoms with van der Waals surface area (Å²) in [5.74, 6) is -0.198. The summed E-state index contributed by atoms with van der Waals surface area (Å²) in [5, 5.41) is 5.46. The standard InChI is InChI=1S/C12H24N2O4/c1-17-9-3-7-13-11(15)5-6-12(16)14-8-4-10-18-2/h3-10H2,1-2H3,(H,13,15)(H,14,16). The van der Waals surface area contributed by atoms with Gasteiger partial charge in [0.25, 0.3) is 0 Å². The number of hydrogen-bond acceptors (Lipinski definition) is 4. The van der Waals surface area contributed by atoms with E-state index in [2.05, 4.69) is 10.6 Å². The lowest BCUT2D eigenvalue weighted by Crippen LogP contribution is -2.29. The second-order valence-corrected chi connectivity index (χ2v) is 3.89. The van der Waals surface area contributed by atoms with E-state index in [9.17, 15) is 9.59 Å². The molecule has 0 heterocycles. The molecule has 0 fully saturated rings. The molecular weight excluding hydrogens is 236 g/mol. The van der Waals surface area contributed by atoms with Gasteiger partial charge in [-0.25, -0.2) is 0 Å². The van der Waals surface area contributed by atoms with E-state index in [0.29, 0.717) is 26.3 Å². The molecule has 0 saturated carbocycles. The summed E-state index contributed by atoms with van der Waals surface area (Å²) in [6, 6.07) is 0. The molecule has 0 unspecified atom stereocenters. The number of carbonyl (C=O) groups excluding carboxylic acids is 2. The van der Waals surface area contributed by atoms with Gasteiger partial charge in [0.05, 0.1) is 0 Å². The summed E-state index contributed by atoms with van der Waals surface area (Å²) >= 11 is 0. The lowest BCUT2D eigenvalue weighted by atomic mass is 10.2. The molecule has 106 valence electrons. The van der Waals surface area contributed by atoms with Crippen molar-refractivity contribution < 1.29 is 19.1 Å². The highest BCUT2D eigenvalue weighted by atomic mass is 16.5. The van der Waals surface area contributed by atoms with Crippen LogP contribution in [0.15, 0.2) is 0 Å². The first-order valence-electron chi connectivity index (χ1n) is 6.22. The molecule has 6 nitrogen and oxygen atoms in total. The van der Waals surface area contributed by atoms with Gasteiger partial charge in [0, 0.05) is 53.4 Å². The number of rotatable bonds is 11. The molecule has 0 spiro atoms. The van der Waals surface area contributed by atoms with Gasteiger partial charge in [-0.3, -0.25) is 9.59 Å². The van der Waals surface area contributed by atoms with Crippen molar-refractivity contribution in [3.63, 3.8) is 0 Å². The van der Waals surface area contributed by atoms with E-state index in [1.165, 1.54) is 0 Å². The number of nitrogens with one attached hydrogen (secondary N) is 2. The predicted molar refractivity (Wildman–Crippen MR) is 68.2 cm³/mol. The van der Waals surface area contributed by atoms with Crippen molar-refractivity contribution in [1.29, 1.82) is 0 Å². The smallest absolute Gasteiger partial charge is 0.220 e. The van der Waals surface area contributed by atoms with Crippen LogP contribution in [0.3, 0.4) is 0 Å². The second-order valence-electron chi connectivity index (χ2n) is 3.89. The zero-order valence-electron chi connectivity index (χ0n) is 11.3. The Morgan fingerprint density at radius 2 is 1.22 bits per heavy atom. The Bertz CT molecular complexity index is 210. The molecule has 0 rings (SSSR count).